The molecule has 0 saturated heterocycles. The van der Waals surface area contributed by atoms with Crippen LogP contribution in [0.1, 0.15) is 33.8 Å². The highest BCUT2D eigenvalue weighted by molar-refractivity contribution is 7.15. The molecule has 1 N–H and O–H groups in total. The Morgan fingerprint density at radius 1 is 1.37 bits per heavy atom. The molecule has 0 aliphatic heterocycles. The van der Waals surface area contributed by atoms with E-state index < -0.39 is 0 Å². The van der Waals surface area contributed by atoms with Crippen LogP contribution in [0, 0.1) is 0 Å². The van der Waals surface area contributed by atoms with Gasteiger partial charge in [0.25, 0.3) is 5.91 Å². The Morgan fingerprint density at radius 2 is 2.21 bits per heavy atom. The third kappa shape index (κ3) is 2.62. The van der Waals surface area contributed by atoms with Crippen molar-refractivity contribution in [1.29, 1.82) is 0 Å². The summed E-state index contributed by atoms with van der Waals surface area (Å²) < 4.78 is 0. The van der Waals surface area contributed by atoms with Crippen molar-refractivity contribution in [3.05, 3.63) is 39.6 Å². The maximum atomic E-state index is 12.1. The van der Waals surface area contributed by atoms with Crippen LogP contribution in [-0.2, 0) is 12.8 Å². The van der Waals surface area contributed by atoms with Crippen molar-refractivity contribution >= 4 is 34.0 Å². The number of fused-ring (bicyclic) bond motifs is 1. The number of hydrogen-bond acceptors (Lipinski definition) is 4. The van der Waals surface area contributed by atoms with Gasteiger partial charge in [0, 0.05) is 11.1 Å². The smallest absolute Gasteiger partial charge is 0.260 e. The first-order chi connectivity index (χ1) is 9.24. The average molecular weight is 294 g/mol. The van der Waals surface area contributed by atoms with Gasteiger partial charge in [-0.1, -0.05) is 11.6 Å². The molecule has 0 atom stereocenters. The summed E-state index contributed by atoms with van der Waals surface area (Å²) >= 11 is 7.46. The van der Waals surface area contributed by atoms with E-state index in [2.05, 4.69) is 15.3 Å². The second kappa shape index (κ2) is 5.27. The predicted octanol–water partition coefficient (Wildman–Crippen LogP) is 3.32. The van der Waals surface area contributed by atoms with Crippen LogP contribution in [0.3, 0.4) is 0 Å². The topological polar surface area (TPSA) is 54.9 Å². The summed E-state index contributed by atoms with van der Waals surface area (Å²) in [5.41, 5.74) is 1.50. The number of halogens is 1. The Kier molecular flexibility index (Phi) is 3.48. The first-order valence-corrected chi connectivity index (χ1v) is 7.34. The number of aryl methyl sites for hydroxylation is 2. The Bertz CT molecular complexity index is 603. The number of anilines is 1. The van der Waals surface area contributed by atoms with Crippen LogP contribution in [0.2, 0.25) is 5.15 Å². The van der Waals surface area contributed by atoms with Crippen molar-refractivity contribution in [3.8, 4) is 0 Å². The monoisotopic (exact) mass is 293 g/mol. The molecule has 1 amide bonds. The Hall–Kier alpha value is -1.46. The maximum Gasteiger partial charge on any atom is 0.260 e. The van der Waals surface area contributed by atoms with Gasteiger partial charge in [0.15, 0.2) is 5.13 Å². The third-order valence-corrected chi connectivity index (χ3v) is 4.44. The van der Waals surface area contributed by atoms with Crippen molar-refractivity contribution in [2.75, 3.05) is 5.32 Å². The highest BCUT2D eigenvalue weighted by atomic mass is 35.5. The zero-order chi connectivity index (χ0) is 13.2. The van der Waals surface area contributed by atoms with Crippen molar-refractivity contribution in [2.45, 2.75) is 25.7 Å². The van der Waals surface area contributed by atoms with E-state index in [0.717, 1.165) is 18.5 Å². The molecule has 2 aromatic rings. The second-order valence-corrected chi connectivity index (χ2v) is 5.83. The number of nitrogens with one attached hydrogen (secondary N) is 1. The molecule has 4 nitrogen and oxygen atoms in total. The molecule has 3 rings (SSSR count). The van der Waals surface area contributed by atoms with Crippen LogP contribution in [0.5, 0.6) is 0 Å². The Morgan fingerprint density at radius 3 is 3.00 bits per heavy atom. The number of aromatic nitrogens is 2. The fraction of sp³-hybridized carbons (Fsp3) is 0.308. The molecule has 0 fully saturated rings. The van der Waals surface area contributed by atoms with Crippen molar-refractivity contribution in [3.63, 3.8) is 0 Å². The number of hydrogen-bond donors (Lipinski definition) is 1. The van der Waals surface area contributed by atoms with Gasteiger partial charge in [0.05, 0.1) is 11.3 Å². The van der Waals surface area contributed by atoms with E-state index in [9.17, 15) is 4.79 Å². The molecule has 19 heavy (non-hydrogen) atoms. The van der Waals surface area contributed by atoms with Crippen LogP contribution in [0.15, 0.2) is 18.3 Å². The van der Waals surface area contributed by atoms with Gasteiger partial charge in [-0.25, -0.2) is 9.97 Å². The molecule has 6 heteroatoms. The standard InChI is InChI=1S/C13H12ClN3OS/c14-11-8(4-3-7-15-11)12(18)17-13-16-9-5-1-2-6-10(9)19-13/h3-4,7H,1-2,5-6H2,(H,16,17,18). The van der Waals surface area contributed by atoms with Crippen LogP contribution in [0.4, 0.5) is 5.13 Å². The van der Waals surface area contributed by atoms with Gasteiger partial charge in [-0.15, -0.1) is 11.3 Å². The van der Waals surface area contributed by atoms with Crippen LogP contribution < -0.4 is 5.32 Å². The summed E-state index contributed by atoms with van der Waals surface area (Å²) in [6, 6.07) is 3.34. The molecule has 0 radical (unpaired) electrons. The Balaban J connectivity index is 1.80. The molecule has 2 aromatic heterocycles. The fourth-order valence-electron chi connectivity index (χ4n) is 2.13. The molecule has 0 unspecified atom stereocenters. The lowest BCUT2D eigenvalue weighted by Crippen LogP contribution is -2.12. The SMILES string of the molecule is O=C(Nc1nc2c(s1)CCCC2)c1cccnc1Cl. The van der Waals surface area contributed by atoms with E-state index in [1.54, 1.807) is 29.7 Å². The van der Waals surface area contributed by atoms with E-state index >= 15 is 0 Å². The summed E-state index contributed by atoms with van der Waals surface area (Å²) in [6.07, 6.45) is 6.02. The number of carbonyl (C=O) groups excluding carboxylic acids is 1. The van der Waals surface area contributed by atoms with Crippen molar-refractivity contribution < 1.29 is 4.79 Å². The molecule has 98 valence electrons. The van der Waals surface area contributed by atoms with Crippen LogP contribution >= 0.6 is 22.9 Å². The van der Waals surface area contributed by atoms with Gasteiger partial charge in [0.2, 0.25) is 0 Å². The van der Waals surface area contributed by atoms with Crippen molar-refractivity contribution in [1.82, 2.24) is 9.97 Å². The molecule has 0 aromatic carbocycles. The second-order valence-electron chi connectivity index (χ2n) is 4.39. The van der Waals surface area contributed by atoms with Crippen molar-refractivity contribution in [2.24, 2.45) is 0 Å². The molecule has 2 heterocycles. The molecule has 0 saturated carbocycles. The fourth-order valence-corrected chi connectivity index (χ4v) is 3.38. The molecule has 0 spiro atoms. The molecular formula is C13H12ClN3OS. The molecule has 0 bridgehead atoms. The van der Waals surface area contributed by atoms with Gasteiger partial charge >= 0.3 is 0 Å². The lowest BCUT2D eigenvalue weighted by atomic mass is 10.0. The minimum Gasteiger partial charge on any atom is -0.298 e. The summed E-state index contributed by atoms with van der Waals surface area (Å²) in [6.45, 7) is 0. The van der Waals surface area contributed by atoms with Gasteiger partial charge in [-0.2, -0.15) is 0 Å². The number of carbonyl (C=O) groups is 1. The zero-order valence-electron chi connectivity index (χ0n) is 10.1. The third-order valence-electron chi connectivity index (χ3n) is 3.07. The molecule has 1 aliphatic carbocycles. The Labute approximate surface area is 119 Å². The number of amides is 1. The molecule has 1 aliphatic rings. The number of thiazole rings is 1. The lowest BCUT2D eigenvalue weighted by Gasteiger charge is -2.06. The highest BCUT2D eigenvalue weighted by Crippen LogP contribution is 2.29. The van der Waals surface area contributed by atoms with Crippen LogP contribution in [-0.4, -0.2) is 15.9 Å². The van der Waals surface area contributed by atoms with E-state index in [4.69, 9.17) is 11.6 Å². The minimum absolute atomic E-state index is 0.210. The van der Waals surface area contributed by atoms with E-state index in [1.165, 1.54) is 17.7 Å². The lowest BCUT2D eigenvalue weighted by molar-refractivity contribution is 0.102. The predicted molar refractivity (Wildman–Crippen MR) is 76.0 cm³/mol. The minimum atomic E-state index is -0.260. The van der Waals surface area contributed by atoms with Gasteiger partial charge < -0.3 is 0 Å². The summed E-state index contributed by atoms with van der Waals surface area (Å²) in [7, 11) is 0. The largest absolute Gasteiger partial charge is 0.298 e. The number of pyridine rings is 1. The number of nitrogens with zero attached hydrogens (tertiary/aromatic N) is 2. The summed E-state index contributed by atoms with van der Waals surface area (Å²) in [4.78, 5) is 21.7. The van der Waals surface area contributed by atoms with Crippen LogP contribution in [0.25, 0.3) is 0 Å². The first-order valence-electron chi connectivity index (χ1n) is 6.14. The summed E-state index contributed by atoms with van der Waals surface area (Å²) in [5.74, 6) is -0.260. The van der Waals surface area contributed by atoms with E-state index in [0.29, 0.717) is 10.7 Å². The van der Waals surface area contributed by atoms with E-state index in [-0.39, 0.29) is 11.1 Å². The van der Waals surface area contributed by atoms with Gasteiger partial charge in [-0.3, -0.25) is 10.1 Å². The van der Waals surface area contributed by atoms with Gasteiger partial charge in [-0.05, 0) is 37.8 Å². The maximum absolute atomic E-state index is 12.1. The van der Waals surface area contributed by atoms with Gasteiger partial charge in [0.1, 0.15) is 5.15 Å². The highest BCUT2D eigenvalue weighted by Gasteiger charge is 2.17. The zero-order valence-corrected chi connectivity index (χ0v) is 11.7. The number of rotatable bonds is 2. The summed E-state index contributed by atoms with van der Waals surface area (Å²) in [5, 5.41) is 3.66. The normalized spacial score (nSPS) is 13.9. The first kappa shape index (κ1) is 12.6. The van der Waals surface area contributed by atoms with E-state index in [1.807, 2.05) is 0 Å². The average Bonchev–Trinajstić information content (AvgIpc) is 2.81. The quantitative estimate of drug-likeness (QED) is 0.864. The molecular weight excluding hydrogens is 282 g/mol.